The van der Waals surface area contributed by atoms with Crippen LogP contribution in [-0.4, -0.2) is 0 Å². The molecule has 0 fully saturated rings. The molecule has 0 aromatic rings. The van der Waals surface area contributed by atoms with E-state index in [9.17, 15) is 0 Å². The molecule has 8 heteroatoms. The van der Waals surface area contributed by atoms with Crippen LogP contribution in [0.2, 0.25) is 0 Å². The van der Waals surface area contributed by atoms with E-state index in [0.29, 0.717) is 0 Å². The molecular formula is H3Br6NRh. The molecule has 0 saturated heterocycles. The van der Waals surface area contributed by atoms with Gasteiger partial charge in [0.05, 0.1) is 0 Å². The Bertz CT molecular complexity index is 67.1. The Morgan fingerprint density at radius 3 is 0.625 bits per heavy atom. The van der Waals surface area contributed by atoms with E-state index in [4.69, 9.17) is 0 Å². The summed E-state index contributed by atoms with van der Waals surface area (Å²) in [5, 5.41) is 0. The van der Waals surface area contributed by atoms with Crippen molar-refractivity contribution in [1.29, 1.82) is 0 Å². The molecule has 0 bridgehead atoms. The second-order valence-electron chi connectivity index (χ2n) is 0.714. The SMILES string of the molecule is N.[Br][Rh]([Br])([Br])([Br])([Br])[Br]. The van der Waals surface area contributed by atoms with Gasteiger partial charge in [0.15, 0.2) is 0 Å². The summed E-state index contributed by atoms with van der Waals surface area (Å²) in [5.74, 6) is 0. The third kappa shape index (κ3) is 56.5. The van der Waals surface area contributed by atoms with Crippen molar-refractivity contribution in [2.45, 2.75) is 0 Å². The Morgan fingerprint density at radius 2 is 0.625 bits per heavy atom. The standard InChI is InChI=1S/6BrH.H3N.Rh/h6*1H;1H3;/q;;;;;;;+6/p-6. The molecule has 59 valence electrons. The fourth-order valence-electron chi connectivity index (χ4n) is 0. The summed E-state index contributed by atoms with van der Waals surface area (Å²) < 4.78 is -3.11. The molecule has 0 atom stereocenters. The van der Waals surface area contributed by atoms with Crippen molar-refractivity contribution < 1.29 is 0.665 Å². The average Bonchev–Trinajstić information content (AvgIpc) is 0.592. The quantitative estimate of drug-likeness (QED) is 0.381. The Balaban J connectivity index is 0. The minimum atomic E-state index is -3.11. The van der Waals surface area contributed by atoms with Crippen LogP contribution in [0.25, 0.3) is 0 Å². The Labute approximate surface area is 86.5 Å². The topological polar surface area (TPSA) is 35.0 Å². The van der Waals surface area contributed by atoms with E-state index in [1.54, 1.807) is 0 Å². The van der Waals surface area contributed by atoms with E-state index >= 15 is 0 Å². The third-order valence-corrected chi connectivity index (χ3v) is 0. The predicted octanol–water partition coefficient (Wildman–Crippen LogP) is 5.23. The number of rotatable bonds is 0. The number of hydrogen-bond donors (Lipinski definition) is 1. The number of hydrogen-bond acceptors (Lipinski definition) is 1. The normalized spacial score (nSPS) is 20.2. The molecule has 0 aromatic carbocycles. The molecule has 1 nitrogen and oxygen atoms in total. The molecule has 0 aromatic heterocycles. The van der Waals surface area contributed by atoms with E-state index in [2.05, 4.69) is 81.7 Å². The van der Waals surface area contributed by atoms with Gasteiger partial charge >= 0.3 is 82.4 Å². The van der Waals surface area contributed by atoms with Crippen molar-refractivity contribution >= 4 is 81.7 Å². The van der Waals surface area contributed by atoms with Gasteiger partial charge in [0.1, 0.15) is 0 Å². The zero-order valence-electron chi connectivity index (χ0n) is 3.31. The summed E-state index contributed by atoms with van der Waals surface area (Å²) in [6.07, 6.45) is 0. The fourth-order valence-corrected chi connectivity index (χ4v) is 0. The first kappa shape index (κ1) is 14.0. The van der Waals surface area contributed by atoms with Crippen LogP contribution in [0.3, 0.4) is 0 Å². The molecule has 0 aliphatic rings. The van der Waals surface area contributed by atoms with Crippen LogP contribution in [0.15, 0.2) is 0 Å². The van der Waals surface area contributed by atoms with E-state index in [0.717, 1.165) is 0 Å². The van der Waals surface area contributed by atoms with Gasteiger partial charge in [0.25, 0.3) is 0 Å². The number of halogens is 6. The van der Waals surface area contributed by atoms with Crippen LogP contribution in [0, 0.1) is 0 Å². The van der Waals surface area contributed by atoms with Crippen LogP contribution in [0.5, 0.6) is 0 Å². The van der Waals surface area contributed by atoms with Crippen LogP contribution < -0.4 is 6.15 Å². The molecule has 0 aliphatic heterocycles. The van der Waals surface area contributed by atoms with Crippen molar-refractivity contribution in [3.63, 3.8) is 0 Å². The Hall–Kier alpha value is 3.46. The summed E-state index contributed by atoms with van der Waals surface area (Å²) in [6, 6.07) is 0. The van der Waals surface area contributed by atoms with Gasteiger partial charge in [-0.1, -0.05) is 0 Å². The molecule has 3 N–H and O–H groups in total. The first-order valence-electron chi connectivity index (χ1n) is 0.756. The van der Waals surface area contributed by atoms with E-state index in [1.165, 1.54) is 0 Å². The van der Waals surface area contributed by atoms with Crippen molar-refractivity contribution in [1.82, 2.24) is 6.15 Å². The van der Waals surface area contributed by atoms with Crippen LogP contribution in [0.1, 0.15) is 0 Å². The third-order valence-electron chi connectivity index (χ3n) is 0. The molecule has 0 unspecified atom stereocenters. The zero-order chi connectivity index (χ0) is 6.41. The minimum absolute atomic E-state index is 0. The second kappa shape index (κ2) is 2.75. The monoisotopic (exact) mass is 593 g/mol. The molecular weight excluding hydrogens is 596 g/mol. The van der Waals surface area contributed by atoms with Gasteiger partial charge in [-0.3, -0.25) is 0 Å². The molecule has 0 amide bonds. The van der Waals surface area contributed by atoms with Crippen molar-refractivity contribution in [3.05, 3.63) is 0 Å². The van der Waals surface area contributed by atoms with Gasteiger partial charge in [-0.05, 0) is 0 Å². The van der Waals surface area contributed by atoms with E-state index < -0.39 is 0.665 Å². The first-order chi connectivity index (χ1) is 2.45. The van der Waals surface area contributed by atoms with Gasteiger partial charge < -0.3 is 6.15 Å². The maximum absolute atomic E-state index is 3.34. The molecule has 0 radical (unpaired) electrons. The van der Waals surface area contributed by atoms with Gasteiger partial charge in [-0.25, -0.2) is 0 Å². The average molecular weight is 599 g/mol. The molecule has 0 rings (SSSR count). The zero-order valence-corrected chi connectivity index (χ0v) is 14.5. The van der Waals surface area contributed by atoms with E-state index in [1.807, 2.05) is 0 Å². The fraction of sp³-hybridized carbons (Fsp3) is 0. The van der Waals surface area contributed by atoms with Crippen LogP contribution >= 0.6 is 81.7 Å². The van der Waals surface area contributed by atoms with Gasteiger partial charge in [0, 0.05) is 0 Å². The van der Waals surface area contributed by atoms with Crippen molar-refractivity contribution in [2.24, 2.45) is 0 Å². The molecule has 0 saturated carbocycles. The molecule has 8 heavy (non-hydrogen) atoms. The predicted molar refractivity (Wildman–Crippen MR) is 58.6 cm³/mol. The Kier molecular flexibility index (Phi) is 4.82. The summed E-state index contributed by atoms with van der Waals surface area (Å²) in [4.78, 5) is 0. The molecule has 0 spiro atoms. The Morgan fingerprint density at radius 1 is 0.625 bits per heavy atom. The summed E-state index contributed by atoms with van der Waals surface area (Å²) in [7, 11) is 0. The van der Waals surface area contributed by atoms with Crippen LogP contribution in [0.4, 0.5) is 0 Å². The van der Waals surface area contributed by atoms with Crippen molar-refractivity contribution in [3.8, 4) is 0 Å². The molecule has 0 heterocycles. The second-order valence-corrected chi connectivity index (χ2v) is 114. The van der Waals surface area contributed by atoms with Crippen molar-refractivity contribution in [2.75, 3.05) is 0 Å². The van der Waals surface area contributed by atoms with Gasteiger partial charge in [0.2, 0.25) is 0 Å². The summed E-state index contributed by atoms with van der Waals surface area (Å²) >= 11 is 20.0. The van der Waals surface area contributed by atoms with E-state index in [-0.39, 0.29) is 6.15 Å². The maximum atomic E-state index is 3.34. The first-order valence-corrected chi connectivity index (χ1v) is 23.2. The van der Waals surface area contributed by atoms with Gasteiger partial charge in [-0.15, -0.1) is 0 Å². The summed E-state index contributed by atoms with van der Waals surface area (Å²) in [6.45, 7) is 0. The summed E-state index contributed by atoms with van der Waals surface area (Å²) in [5.41, 5.74) is 0. The van der Waals surface area contributed by atoms with Gasteiger partial charge in [-0.2, -0.15) is 0 Å². The van der Waals surface area contributed by atoms with Crippen LogP contribution in [-0.2, 0) is 0.665 Å². The molecule has 0 aliphatic carbocycles.